The number of carbonyl (C=O) groups is 2. The second-order valence-electron chi connectivity index (χ2n) is 6.06. The van der Waals surface area contributed by atoms with Crippen LogP contribution >= 0.6 is 11.8 Å². The molecule has 1 aromatic heterocycles. The predicted octanol–water partition coefficient (Wildman–Crippen LogP) is 1.97. The molecule has 2 amide bonds. The summed E-state index contributed by atoms with van der Waals surface area (Å²) in [6.45, 7) is 6.05. The Morgan fingerprint density at radius 3 is 2.41 bits per heavy atom. The highest BCUT2D eigenvalue weighted by Crippen LogP contribution is 2.22. The fourth-order valence-electron chi connectivity index (χ4n) is 2.88. The number of aromatic nitrogens is 3. The topological polar surface area (TPSA) is 80.6 Å². The second-order valence-corrected chi connectivity index (χ2v) is 7.00. The van der Waals surface area contributed by atoms with Crippen LogP contribution in [-0.4, -0.2) is 75.1 Å². The number of hydrogen-bond acceptors (Lipinski definition) is 6. The molecule has 0 unspecified atom stereocenters. The Bertz CT molecular complexity index is 788. The number of benzene rings is 1. The summed E-state index contributed by atoms with van der Waals surface area (Å²) in [5.74, 6) is 1.09. The summed E-state index contributed by atoms with van der Waals surface area (Å²) in [5.41, 5.74) is 0.970. The molecule has 3 rings (SSSR count). The molecule has 1 aliphatic heterocycles. The number of hydrogen-bond donors (Lipinski definition) is 0. The number of para-hydroxylation sites is 1. The Balaban J connectivity index is 1.56. The first-order valence-corrected chi connectivity index (χ1v) is 9.88. The van der Waals surface area contributed by atoms with Gasteiger partial charge in [-0.3, -0.25) is 9.36 Å². The number of amides is 2. The molecule has 0 N–H and O–H groups in total. The number of rotatable bonds is 5. The van der Waals surface area contributed by atoms with E-state index < -0.39 is 0 Å². The smallest absolute Gasteiger partial charge is 0.409 e. The van der Waals surface area contributed by atoms with Crippen molar-refractivity contribution >= 4 is 23.8 Å². The third-order valence-electron chi connectivity index (χ3n) is 4.29. The van der Waals surface area contributed by atoms with Gasteiger partial charge in [0, 0.05) is 31.9 Å². The summed E-state index contributed by atoms with van der Waals surface area (Å²) in [7, 11) is 0. The Morgan fingerprint density at radius 1 is 1.07 bits per heavy atom. The minimum absolute atomic E-state index is 0.0313. The zero-order valence-electron chi connectivity index (χ0n) is 15.5. The van der Waals surface area contributed by atoms with Crippen LogP contribution < -0.4 is 0 Å². The average molecular weight is 389 g/mol. The van der Waals surface area contributed by atoms with Gasteiger partial charge in [-0.25, -0.2) is 4.79 Å². The lowest BCUT2D eigenvalue weighted by Gasteiger charge is -2.34. The lowest BCUT2D eigenvalue weighted by Crippen LogP contribution is -2.51. The van der Waals surface area contributed by atoms with Crippen LogP contribution in [0.25, 0.3) is 5.69 Å². The first-order valence-electron chi connectivity index (χ1n) is 8.90. The van der Waals surface area contributed by atoms with Gasteiger partial charge < -0.3 is 14.5 Å². The number of piperazine rings is 1. The first-order chi connectivity index (χ1) is 13.1. The van der Waals surface area contributed by atoms with Crippen LogP contribution in [0.15, 0.2) is 35.5 Å². The van der Waals surface area contributed by atoms with Gasteiger partial charge in [-0.2, -0.15) is 0 Å². The SMILES string of the molecule is CCOC(=O)N1CCN(C(=O)CSc2nnc(C)n2-c2ccccc2)CC1. The standard InChI is InChI=1S/C18H23N5O3S/c1-3-26-18(25)22-11-9-21(10-12-22)16(24)13-27-17-20-19-14(2)23(17)15-7-5-4-6-8-15/h4-8H,3,9-13H2,1-2H3. The van der Waals surface area contributed by atoms with Gasteiger partial charge in [0.1, 0.15) is 5.82 Å². The van der Waals surface area contributed by atoms with Crippen LogP contribution in [0.3, 0.4) is 0 Å². The molecule has 1 aromatic carbocycles. The van der Waals surface area contributed by atoms with Crippen molar-refractivity contribution in [2.45, 2.75) is 19.0 Å². The van der Waals surface area contributed by atoms with Gasteiger partial charge in [0.25, 0.3) is 0 Å². The van der Waals surface area contributed by atoms with E-state index in [1.54, 1.807) is 16.7 Å². The Labute approximate surface area is 162 Å². The lowest BCUT2D eigenvalue weighted by atomic mass is 10.3. The zero-order valence-corrected chi connectivity index (χ0v) is 16.3. The van der Waals surface area contributed by atoms with Crippen molar-refractivity contribution in [3.63, 3.8) is 0 Å². The van der Waals surface area contributed by atoms with Gasteiger partial charge in [0.05, 0.1) is 12.4 Å². The molecule has 0 radical (unpaired) electrons. The van der Waals surface area contributed by atoms with E-state index in [2.05, 4.69) is 10.2 Å². The molecule has 1 saturated heterocycles. The summed E-state index contributed by atoms with van der Waals surface area (Å²) in [6.07, 6.45) is -0.314. The van der Waals surface area contributed by atoms with Crippen molar-refractivity contribution < 1.29 is 14.3 Å². The van der Waals surface area contributed by atoms with Gasteiger partial charge in [0.2, 0.25) is 5.91 Å². The summed E-state index contributed by atoms with van der Waals surface area (Å²) in [5, 5.41) is 9.03. The summed E-state index contributed by atoms with van der Waals surface area (Å²) < 4.78 is 6.94. The molecule has 2 heterocycles. The van der Waals surface area contributed by atoms with Gasteiger partial charge in [-0.1, -0.05) is 30.0 Å². The van der Waals surface area contributed by atoms with Gasteiger partial charge in [-0.15, -0.1) is 10.2 Å². The molecule has 0 bridgehead atoms. The monoisotopic (exact) mass is 389 g/mol. The molecule has 27 heavy (non-hydrogen) atoms. The van der Waals surface area contributed by atoms with Crippen molar-refractivity contribution in [2.75, 3.05) is 38.5 Å². The summed E-state index contributed by atoms with van der Waals surface area (Å²) in [6, 6.07) is 9.83. The maximum absolute atomic E-state index is 12.5. The second kappa shape index (κ2) is 8.90. The third-order valence-corrected chi connectivity index (χ3v) is 5.21. The molecule has 2 aromatic rings. The molecule has 1 fully saturated rings. The minimum Gasteiger partial charge on any atom is -0.450 e. The van der Waals surface area contributed by atoms with Crippen LogP contribution in [0.4, 0.5) is 4.79 Å². The quantitative estimate of drug-likeness (QED) is 0.728. The van der Waals surface area contributed by atoms with Crippen LogP contribution in [0, 0.1) is 6.92 Å². The van der Waals surface area contributed by atoms with E-state index in [0.29, 0.717) is 37.9 Å². The number of ether oxygens (including phenoxy) is 1. The van der Waals surface area contributed by atoms with Crippen LogP contribution in [0.1, 0.15) is 12.7 Å². The molecule has 1 aliphatic rings. The summed E-state index contributed by atoms with van der Waals surface area (Å²) in [4.78, 5) is 27.7. The largest absolute Gasteiger partial charge is 0.450 e. The Morgan fingerprint density at radius 2 is 1.74 bits per heavy atom. The summed E-state index contributed by atoms with van der Waals surface area (Å²) >= 11 is 1.37. The molecule has 8 nitrogen and oxygen atoms in total. The maximum Gasteiger partial charge on any atom is 0.409 e. The molecular weight excluding hydrogens is 366 g/mol. The van der Waals surface area contributed by atoms with E-state index in [9.17, 15) is 9.59 Å². The van der Waals surface area contributed by atoms with E-state index in [4.69, 9.17) is 4.74 Å². The number of thioether (sulfide) groups is 1. The third kappa shape index (κ3) is 4.60. The highest BCUT2D eigenvalue weighted by atomic mass is 32.2. The number of nitrogens with zero attached hydrogens (tertiary/aromatic N) is 5. The molecule has 0 atom stereocenters. The van der Waals surface area contributed by atoms with E-state index in [0.717, 1.165) is 11.5 Å². The first kappa shape index (κ1) is 19.2. The van der Waals surface area contributed by atoms with E-state index in [-0.39, 0.29) is 17.8 Å². The van der Waals surface area contributed by atoms with E-state index in [1.807, 2.05) is 41.8 Å². The van der Waals surface area contributed by atoms with Gasteiger partial charge >= 0.3 is 6.09 Å². The predicted molar refractivity (Wildman–Crippen MR) is 102 cm³/mol. The van der Waals surface area contributed by atoms with Crippen molar-refractivity contribution in [1.29, 1.82) is 0 Å². The number of carbonyl (C=O) groups excluding carboxylic acids is 2. The highest BCUT2D eigenvalue weighted by Gasteiger charge is 2.25. The lowest BCUT2D eigenvalue weighted by molar-refractivity contribution is -0.129. The minimum atomic E-state index is -0.314. The van der Waals surface area contributed by atoms with Crippen molar-refractivity contribution in [1.82, 2.24) is 24.6 Å². The molecular formula is C18H23N5O3S. The van der Waals surface area contributed by atoms with Crippen molar-refractivity contribution in [2.24, 2.45) is 0 Å². The average Bonchev–Trinajstić information content (AvgIpc) is 3.07. The fraction of sp³-hybridized carbons (Fsp3) is 0.444. The highest BCUT2D eigenvalue weighted by molar-refractivity contribution is 7.99. The molecule has 0 aliphatic carbocycles. The van der Waals surface area contributed by atoms with Crippen molar-refractivity contribution in [3.8, 4) is 5.69 Å². The van der Waals surface area contributed by atoms with E-state index in [1.165, 1.54) is 11.8 Å². The van der Waals surface area contributed by atoms with Gasteiger partial charge in [0.15, 0.2) is 5.16 Å². The molecule has 0 saturated carbocycles. The molecule has 0 spiro atoms. The normalized spacial score (nSPS) is 14.3. The molecule has 9 heteroatoms. The zero-order chi connectivity index (χ0) is 19.2. The van der Waals surface area contributed by atoms with E-state index >= 15 is 0 Å². The maximum atomic E-state index is 12.5. The van der Waals surface area contributed by atoms with Crippen LogP contribution in [0.5, 0.6) is 0 Å². The van der Waals surface area contributed by atoms with Crippen LogP contribution in [0.2, 0.25) is 0 Å². The fourth-order valence-corrected chi connectivity index (χ4v) is 3.78. The Hall–Kier alpha value is -2.55. The van der Waals surface area contributed by atoms with Crippen molar-refractivity contribution in [3.05, 3.63) is 36.2 Å². The molecule has 144 valence electrons. The van der Waals surface area contributed by atoms with Crippen LogP contribution in [-0.2, 0) is 9.53 Å². The van der Waals surface area contributed by atoms with Gasteiger partial charge in [-0.05, 0) is 26.0 Å². The Kier molecular flexibility index (Phi) is 6.33. The number of aryl methyl sites for hydroxylation is 1.